The molecule has 78 heavy (non-hydrogen) atoms. The maximum absolute atomic E-state index is 11.4. The molecule has 0 saturated carbocycles. The number of hydrogen-bond donors (Lipinski definition) is 2. The maximum atomic E-state index is 11.4. The normalized spacial score (nSPS) is 26.1. The number of ether oxygens (including phenoxy) is 16. The minimum Gasteiger partial charge on any atom is -0.491 e. The molecule has 8 aliphatic heterocycles. The summed E-state index contributed by atoms with van der Waals surface area (Å²) in [6.07, 6.45) is -0.168. The van der Waals surface area contributed by atoms with Gasteiger partial charge in [-0.1, -0.05) is 37.3 Å². The van der Waals surface area contributed by atoms with Crippen molar-refractivity contribution in [1.29, 1.82) is 0 Å². The third-order valence-corrected chi connectivity index (χ3v) is 14.4. The molecule has 0 spiro atoms. The Morgan fingerprint density at radius 3 is 1.46 bits per heavy atom. The van der Waals surface area contributed by atoms with Crippen LogP contribution in [0.25, 0.3) is 0 Å². The Labute approximate surface area is 458 Å². The molecule has 0 radical (unpaired) electrons. The number of esters is 1. The van der Waals surface area contributed by atoms with Gasteiger partial charge < -0.3 is 86.0 Å². The predicted molar refractivity (Wildman–Crippen MR) is 282 cm³/mol. The molecule has 432 valence electrons. The molecule has 0 bridgehead atoms. The minimum absolute atomic E-state index is 0.00480. The molecule has 0 aromatic heterocycles. The lowest BCUT2D eigenvalue weighted by Gasteiger charge is -2.32. The topological polar surface area (TPSA) is 232 Å². The van der Waals surface area contributed by atoms with Gasteiger partial charge in [0.15, 0.2) is 0 Å². The van der Waals surface area contributed by atoms with Crippen molar-refractivity contribution in [2.75, 3.05) is 119 Å². The molecule has 3 aromatic rings. The van der Waals surface area contributed by atoms with E-state index in [1.54, 1.807) is 0 Å². The van der Waals surface area contributed by atoms with Gasteiger partial charge in [-0.15, -0.1) is 0 Å². The van der Waals surface area contributed by atoms with E-state index in [9.17, 15) is 15.0 Å². The van der Waals surface area contributed by atoms with E-state index >= 15 is 0 Å². The number of rotatable bonds is 34. The summed E-state index contributed by atoms with van der Waals surface area (Å²) in [5.41, 5.74) is 7.98. The van der Waals surface area contributed by atoms with E-state index in [1.165, 1.54) is 27.8 Å². The zero-order chi connectivity index (χ0) is 54.6. The Morgan fingerprint density at radius 2 is 0.962 bits per heavy atom. The van der Waals surface area contributed by atoms with E-state index in [-0.39, 0.29) is 73.4 Å². The molecule has 8 saturated heterocycles. The average molecular weight is 1100 g/mol. The number of carbonyl (C=O) groups is 1. The lowest BCUT2D eigenvalue weighted by atomic mass is 9.91. The third-order valence-electron chi connectivity index (χ3n) is 14.4. The summed E-state index contributed by atoms with van der Waals surface area (Å²) < 4.78 is 87.6. The number of carbonyl (C=O) groups excluding carboxylic acids is 1. The average Bonchev–Trinajstić information content (AvgIpc) is 4.24. The predicted octanol–water partition coefficient (Wildman–Crippen LogP) is 4.60. The van der Waals surface area contributed by atoms with Gasteiger partial charge in [-0.25, -0.2) is 0 Å². The quantitative estimate of drug-likeness (QED) is 0.0615. The van der Waals surface area contributed by atoms with Gasteiger partial charge in [0.25, 0.3) is 0 Å². The number of hydrogen-bond acceptors (Lipinski definition) is 19. The molecule has 8 heterocycles. The van der Waals surface area contributed by atoms with E-state index in [2.05, 4.69) is 69.3 Å². The molecule has 19 nitrogen and oxygen atoms in total. The first-order valence-electron chi connectivity index (χ1n) is 27.8. The first-order chi connectivity index (χ1) is 37.7. The van der Waals surface area contributed by atoms with Crippen LogP contribution in [0.5, 0.6) is 17.2 Å². The highest BCUT2D eigenvalue weighted by Crippen LogP contribution is 2.32. The van der Waals surface area contributed by atoms with Crippen LogP contribution >= 0.6 is 0 Å². The van der Waals surface area contributed by atoms with Crippen LogP contribution in [0, 0.1) is 26.2 Å². The molecular formula is C59H82O19. The fourth-order valence-electron chi connectivity index (χ4n) is 7.96. The Kier molecular flexibility index (Phi) is 21.1. The summed E-state index contributed by atoms with van der Waals surface area (Å²) in [5.74, 6) is 2.66. The van der Waals surface area contributed by atoms with Gasteiger partial charge in [-0.3, -0.25) is 4.79 Å². The molecule has 2 N–H and O–H groups in total. The van der Waals surface area contributed by atoms with Crippen LogP contribution in [-0.2, 0) is 79.2 Å². The first-order valence-corrected chi connectivity index (χ1v) is 27.8. The van der Waals surface area contributed by atoms with Crippen LogP contribution in [0.2, 0.25) is 0 Å². The van der Waals surface area contributed by atoms with Crippen LogP contribution in [0.4, 0.5) is 0 Å². The van der Waals surface area contributed by atoms with Crippen molar-refractivity contribution in [3.63, 3.8) is 0 Å². The van der Waals surface area contributed by atoms with Crippen molar-refractivity contribution in [3.8, 4) is 17.2 Å². The monoisotopic (exact) mass is 1090 g/mol. The second kappa shape index (κ2) is 28.1. The summed E-state index contributed by atoms with van der Waals surface area (Å²) in [7, 11) is 0. The number of aryl methyl sites for hydroxylation is 2. The van der Waals surface area contributed by atoms with E-state index in [0.29, 0.717) is 79.3 Å². The van der Waals surface area contributed by atoms with Gasteiger partial charge in [0.05, 0.1) is 97.9 Å². The van der Waals surface area contributed by atoms with Crippen LogP contribution in [-0.4, -0.2) is 208 Å². The van der Waals surface area contributed by atoms with Gasteiger partial charge in [-0.05, 0) is 111 Å². The SMILES string of the molecule is CCC(C)(C)C(=O)OCC1CO1.Cc1ccc(Cc2cc(Cc3ccc(C)c(OCC4CO4)c3)c(C)c(OCC3CO3)c2)cc1OCC1CO1.OC(COCC1CO1)C(OCC1CO1)C(O)C(COCC1CO1)OCC1CO1. The maximum Gasteiger partial charge on any atom is 0.311 e. The lowest BCUT2D eigenvalue weighted by Crippen LogP contribution is -2.51. The van der Waals surface area contributed by atoms with Crippen molar-refractivity contribution in [2.45, 2.75) is 134 Å². The van der Waals surface area contributed by atoms with Gasteiger partial charge in [0.2, 0.25) is 0 Å². The van der Waals surface area contributed by atoms with E-state index in [1.807, 2.05) is 20.8 Å². The molecule has 11 rings (SSSR count). The highest BCUT2D eigenvalue weighted by Gasteiger charge is 2.39. The van der Waals surface area contributed by atoms with Crippen molar-refractivity contribution >= 4 is 5.97 Å². The zero-order valence-electron chi connectivity index (χ0n) is 46.2. The van der Waals surface area contributed by atoms with Gasteiger partial charge in [-0.2, -0.15) is 0 Å². The van der Waals surface area contributed by atoms with E-state index in [0.717, 1.165) is 74.1 Å². The first kappa shape index (κ1) is 58.6. The van der Waals surface area contributed by atoms with Gasteiger partial charge >= 0.3 is 5.97 Å². The Morgan fingerprint density at radius 1 is 0.538 bits per heavy atom. The van der Waals surface area contributed by atoms with Gasteiger partial charge in [0.1, 0.15) is 117 Å². The van der Waals surface area contributed by atoms with Crippen molar-refractivity contribution < 1.29 is 90.8 Å². The molecule has 19 heteroatoms. The molecule has 0 aliphatic carbocycles. The summed E-state index contributed by atoms with van der Waals surface area (Å²) >= 11 is 0. The lowest BCUT2D eigenvalue weighted by molar-refractivity contribution is -0.171. The molecule has 0 amide bonds. The second-order valence-corrected chi connectivity index (χ2v) is 22.1. The number of aliphatic hydroxyl groups is 2. The second-order valence-electron chi connectivity index (χ2n) is 22.1. The zero-order valence-corrected chi connectivity index (χ0v) is 46.2. The molecule has 8 fully saturated rings. The number of benzene rings is 3. The Hall–Kier alpha value is -4.03. The Balaban J connectivity index is 0.000000161. The fourth-order valence-corrected chi connectivity index (χ4v) is 7.96. The summed E-state index contributed by atoms with van der Waals surface area (Å²) in [6, 6.07) is 17.5. The van der Waals surface area contributed by atoms with Crippen molar-refractivity contribution in [1.82, 2.24) is 0 Å². The van der Waals surface area contributed by atoms with E-state index < -0.39 is 24.4 Å². The summed E-state index contributed by atoms with van der Waals surface area (Å²) in [6.45, 7) is 21.7. The van der Waals surface area contributed by atoms with Crippen LogP contribution in [0.15, 0.2) is 48.5 Å². The van der Waals surface area contributed by atoms with Gasteiger partial charge in [0, 0.05) is 0 Å². The van der Waals surface area contributed by atoms with Crippen molar-refractivity contribution in [3.05, 3.63) is 87.5 Å². The molecule has 3 aromatic carbocycles. The van der Waals surface area contributed by atoms with Crippen LogP contribution in [0.1, 0.15) is 66.1 Å². The largest absolute Gasteiger partial charge is 0.491 e. The van der Waals surface area contributed by atoms with Crippen molar-refractivity contribution in [2.24, 2.45) is 5.41 Å². The fraction of sp³-hybridized carbons (Fsp3) is 0.678. The smallest absolute Gasteiger partial charge is 0.311 e. The Bertz CT molecular complexity index is 2350. The standard InChI is InChI=1S/C32H36O6.C18H30O10.C9H16O3/c1-20-4-6-23(11-30(20)36-17-27-14-33-27)8-25-10-26(22(3)32(13-25)38-19-29-16-35-29)9-24-7-5-21(2)31(12-24)37-18-28-15-34-28;19-15(9-21-1-11-3-23-11)18(28-8-14-6-26-14)17(20)16(27-7-13-5-25-13)10-22-2-12-4-24-12;1-4-9(2,3)8(10)12-6-7-5-11-7/h4-7,10-13,27-29H,8-9,14-19H2,1-3H3;11-20H,1-10H2;7H,4-6H2,1-3H3. The molecular weight excluding hydrogens is 1010 g/mol. The minimum atomic E-state index is -1.10. The number of epoxide rings is 8. The number of aliphatic hydroxyl groups excluding tert-OH is 2. The summed E-state index contributed by atoms with van der Waals surface area (Å²) in [4.78, 5) is 11.4. The molecule has 12 unspecified atom stereocenters. The summed E-state index contributed by atoms with van der Waals surface area (Å²) in [5, 5.41) is 21.5. The van der Waals surface area contributed by atoms with E-state index in [4.69, 9.17) is 75.8 Å². The highest BCUT2D eigenvalue weighted by molar-refractivity contribution is 5.75. The third kappa shape index (κ3) is 20.5. The molecule has 8 aliphatic rings. The van der Waals surface area contributed by atoms with Crippen LogP contribution in [0.3, 0.4) is 0 Å². The van der Waals surface area contributed by atoms with Crippen LogP contribution < -0.4 is 14.2 Å². The highest BCUT2D eigenvalue weighted by atomic mass is 16.6. The molecule has 12 atom stereocenters.